The van der Waals surface area contributed by atoms with E-state index in [1.54, 1.807) is 12.1 Å². The minimum Gasteiger partial charge on any atom is -0.327 e. The number of carbonyl (C=O) groups is 2. The zero-order valence-corrected chi connectivity index (χ0v) is 15.5. The van der Waals surface area contributed by atoms with Crippen LogP contribution in [0.1, 0.15) is 33.1 Å². The van der Waals surface area contributed by atoms with E-state index in [4.69, 9.17) is 0 Å². The highest BCUT2D eigenvalue weighted by atomic mass is 16.2. The number of hydrogen-bond donors (Lipinski definition) is 2. The van der Waals surface area contributed by atoms with Gasteiger partial charge in [-0.2, -0.15) is 0 Å². The number of Topliss-reactive ketones (excluding diaryl/α,β-unsaturated/α-hetero) is 1. The number of nitrogens with one attached hydrogen (secondary N) is 2. The van der Waals surface area contributed by atoms with E-state index in [1.165, 1.54) is 0 Å². The van der Waals surface area contributed by atoms with Crippen molar-refractivity contribution in [3.63, 3.8) is 0 Å². The van der Waals surface area contributed by atoms with Crippen molar-refractivity contribution < 1.29 is 9.59 Å². The smallest absolute Gasteiger partial charge is 0.320 e. The minimum atomic E-state index is -0.530. The molecule has 1 unspecified atom stereocenters. The minimum absolute atomic E-state index is 0.113. The molecule has 0 spiro atoms. The molecule has 4 rings (SSSR count). The van der Waals surface area contributed by atoms with Gasteiger partial charge in [-0.3, -0.25) is 4.79 Å². The van der Waals surface area contributed by atoms with Crippen LogP contribution in [-0.2, 0) is 0 Å². The Morgan fingerprint density at radius 2 is 1.43 bits per heavy atom. The number of urea groups is 1. The molecule has 4 nitrogen and oxygen atoms in total. The van der Waals surface area contributed by atoms with Crippen LogP contribution in [0.2, 0.25) is 0 Å². The molecule has 1 atom stereocenters. The number of aryl methyl sites for hydroxylation is 1. The van der Waals surface area contributed by atoms with Crippen LogP contribution < -0.4 is 10.6 Å². The van der Waals surface area contributed by atoms with E-state index in [9.17, 15) is 9.59 Å². The molecule has 4 heteroatoms. The molecule has 1 heterocycles. The SMILES string of the molecule is Cc1ccc(C2NC(=O)NC(c3ccccc3)=C2C(=O)c2ccccc2)cc1. The van der Waals surface area contributed by atoms with Crippen molar-refractivity contribution in [1.82, 2.24) is 10.6 Å². The molecule has 2 N–H and O–H groups in total. The Labute approximate surface area is 163 Å². The highest BCUT2D eigenvalue weighted by Crippen LogP contribution is 2.33. The van der Waals surface area contributed by atoms with Crippen molar-refractivity contribution in [1.29, 1.82) is 0 Å². The van der Waals surface area contributed by atoms with Crippen LogP contribution in [0.5, 0.6) is 0 Å². The Hall–Kier alpha value is -3.66. The van der Waals surface area contributed by atoms with E-state index in [0.717, 1.165) is 16.7 Å². The molecule has 0 saturated carbocycles. The fourth-order valence-electron chi connectivity index (χ4n) is 3.40. The quantitative estimate of drug-likeness (QED) is 0.659. The van der Waals surface area contributed by atoms with Gasteiger partial charge in [-0.25, -0.2) is 4.79 Å². The predicted molar refractivity (Wildman–Crippen MR) is 110 cm³/mol. The largest absolute Gasteiger partial charge is 0.327 e. The van der Waals surface area contributed by atoms with Gasteiger partial charge in [-0.15, -0.1) is 0 Å². The standard InChI is InChI=1S/C24H20N2O2/c1-16-12-14-18(15-13-16)22-20(23(27)19-10-6-3-7-11-19)21(25-24(28)26-22)17-8-4-2-5-9-17/h2-15,22H,1H3,(H2,25,26,28). The lowest BCUT2D eigenvalue weighted by Crippen LogP contribution is -2.45. The van der Waals surface area contributed by atoms with Crippen LogP contribution >= 0.6 is 0 Å². The van der Waals surface area contributed by atoms with E-state index in [1.807, 2.05) is 79.7 Å². The van der Waals surface area contributed by atoms with Crippen LogP contribution in [-0.4, -0.2) is 11.8 Å². The zero-order chi connectivity index (χ0) is 19.5. The van der Waals surface area contributed by atoms with Gasteiger partial charge < -0.3 is 10.6 Å². The second kappa shape index (κ2) is 7.53. The van der Waals surface area contributed by atoms with Gasteiger partial charge in [0.15, 0.2) is 5.78 Å². The lowest BCUT2D eigenvalue weighted by atomic mass is 9.87. The molecule has 0 aliphatic carbocycles. The fraction of sp³-hybridized carbons (Fsp3) is 0.0833. The first-order chi connectivity index (χ1) is 13.6. The highest BCUT2D eigenvalue weighted by Gasteiger charge is 2.33. The molecular weight excluding hydrogens is 348 g/mol. The van der Waals surface area contributed by atoms with Crippen molar-refractivity contribution in [2.45, 2.75) is 13.0 Å². The van der Waals surface area contributed by atoms with Gasteiger partial charge in [-0.05, 0) is 18.1 Å². The van der Waals surface area contributed by atoms with Crippen molar-refractivity contribution in [2.24, 2.45) is 0 Å². The molecular formula is C24H20N2O2. The molecule has 0 fully saturated rings. The normalized spacial score (nSPS) is 16.3. The summed E-state index contributed by atoms with van der Waals surface area (Å²) in [4.78, 5) is 25.9. The summed E-state index contributed by atoms with van der Waals surface area (Å²) < 4.78 is 0. The molecule has 1 aliphatic rings. The Balaban J connectivity index is 1.92. The Morgan fingerprint density at radius 3 is 2.07 bits per heavy atom. The monoisotopic (exact) mass is 368 g/mol. The lowest BCUT2D eigenvalue weighted by Gasteiger charge is -2.30. The van der Waals surface area contributed by atoms with E-state index in [2.05, 4.69) is 10.6 Å². The van der Waals surface area contributed by atoms with Crippen molar-refractivity contribution in [3.05, 3.63) is 113 Å². The molecule has 3 aromatic rings. The van der Waals surface area contributed by atoms with Crippen molar-refractivity contribution in [3.8, 4) is 0 Å². The number of amides is 2. The number of carbonyl (C=O) groups excluding carboxylic acids is 2. The molecule has 1 aliphatic heterocycles. The van der Waals surface area contributed by atoms with Gasteiger partial charge in [0, 0.05) is 5.56 Å². The van der Waals surface area contributed by atoms with E-state index >= 15 is 0 Å². The van der Waals surface area contributed by atoms with Gasteiger partial charge in [0.1, 0.15) is 0 Å². The van der Waals surface area contributed by atoms with Gasteiger partial charge in [-0.1, -0.05) is 90.5 Å². The predicted octanol–water partition coefficient (Wildman–Crippen LogP) is 4.64. The van der Waals surface area contributed by atoms with Crippen LogP contribution in [0.4, 0.5) is 4.79 Å². The molecule has 2 amide bonds. The third-order valence-electron chi connectivity index (χ3n) is 4.83. The van der Waals surface area contributed by atoms with Crippen LogP contribution in [0.15, 0.2) is 90.5 Å². The first-order valence-corrected chi connectivity index (χ1v) is 9.17. The Morgan fingerprint density at radius 1 is 0.821 bits per heavy atom. The fourth-order valence-corrected chi connectivity index (χ4v) is 3.40. The second-order valence-corrected chi connectivity index (χ2v) is 6.79. The summed E-state index contributed by atoms with van der Waals surface area (Å²) in [6, 6.07) is 25.6. The zero-order valence-electron chi connectivity index (χ0n) is 15.5. The molecule has 28 heavy (non-hydrogen) atoms. The molecule has 0 radical (unpaired) electrons. The summed E-state index contributed by atoms with van der Waals surface area (Å²) in [5.41, 5.74) is 4.44. The van der Waals surface area contributed by atoms with Crippen molar-refractivity contribution in [2.75, 3.05) is 0 Å². The number of hydrogen-bond acceptors (Lipinski definition) is 2. The molecule has 138 valence electrons. The van der Waals surface area contributed by atoms with Crippen LogP contribution in [0.25, 0.3) is 5.70 Å². The Bertz CT molecular complexity index is 1040. The maximum Gasteiger partial charge on any atom is 0.320 e. The average molecular weight is 368 g/mol. The maximum atomic E-state index is 13.5. The first kappa shape index (κ1) is 17.7. The van der Waals surface area contributed by atoms with Crippen LogP contribution in [0, 0.1) is 6.92 Å². The van der Waals surface area contributed by atoms with Gasteiger partial charge in [0.2, 0.25) is 0 Å². The first-order valence-electron chi connectivity index (χ1n) is 9.17. The van der Waals surface area contributed by atoms with Gasteiger partial charge >= 0.3 is 6.03 Å². The second-order valence-electron chi connectivity index (χ2n) is 6.79. The van der Waals surface area contributed by atoms with Crippen molar-refractivity contribution >= 4 is 17.5 Å². The summed E-state index contributed by atoms with van der Waals surface area (Å²) in [7, 11) is 0. The third kappa shape index (κ3) is 3.45. The number of ketones is 1. The summed E-state index contributed by atoms with van der Waals surface area (Å²) in [6.45, 7) is 2.01. The van der Waals surface area contributed by atoms with E-state index in [0.29, 0.717) is 16.8 Å². The number of benzene rings is 3. The van der Waals surface area contributed by atoms with E-state index < -0.39 is 6.04 Å². The Kier molecular flexibility index (Phi) is 4.77. The maximum absolute atomic E-state index is 13.5. The topological polar surface area (TPSA) is 58.2 Å². The van der Waals surface area contributed by atoms with Crippen LogP contribution in [0.3, 0.4) is 0 Å². The third-order valence-corrected chi connectivity index (χ3v) is 4.83. The molecule has 3 aromatic carbocycles. The highest BCUT2D eigenvalue weighted by molar-refractivity contribution is 6.16. The number of rotatable bonds is 4. The summed E-state index contributed by atoms with van der Waals surface area (Å²) in [6.07, 6.45) is 0. The summed E-state index contributed by atoms with van der Waals surface area (Å²) in [5.74, 6) is -0.113. The lowest BCUT2D eigenvalue weighted by molar-refractivity contribution is 0.102. The average Bonchev–Trinajstić information content (AvgIpc) is 2.74. The molecule has 0 saturated heterocycles. The molecule has 0 bridgehead atoms. The summed E-state index contributed by atoms with van der Waals surface area (Å²) >= 11 is 0. The van der Waals surface area contributed by atoms with Gasteiger partial charge in [0.05, 0.1) is 17.3 Å². The summed E-state index contributed by atoms with van der Waals surface area (Å²) in [5, 5.41) is 5.78. The van der Waals surface area contributed by atoms with E-state index in [-0.39, 0.29) is 11.8 Å². The van der Waals surface area contributed by atoms with Gasteiger partial charge in [0.25, 0.3) is 0 Å². The molecule has 0 aromatic heterocycles.